The van der Waals surface area contributed by atoms with E-state index in [1.54, 1.807) is 12.1 Å². The van der Waals surface area contributed by atoms with E-state index in [1.807, 2.05) is 12.1 Å². The molecule has 6 heteroatoms. The Bertz CT molecular complexity index is 587. The van der Waals surface area contributed by atoms with Crippen molar-refractivity contribution in [1.82, 2.24) is 5.43 Å². The average Bonchev–Trinajstić information content (AvgIpc) is 2.47. The van der Waals surface area contributed by atoms with Crippen LogP contribution in [0.3, 0.4) is 0 Å². The summed E-state index contributed by atoms with van der Waals surface area (Å²) in [5.74, 6) is 2.67. The SMILES string of the molecule is C#CCSC(=O)Nc1ccc(C2=NNC(=O)CC2)cc1. The van der Waals surface area contributed by atoms with Crippen molar-refractivity contribution in [2.75, 3.05) is 11.1 Å². The lowest BCUT2D eigenvalue weighted by molar-refractivity contribution is -0.121. The van der Waals surface area contributed by atoms with Crippen molar-refractivity contribution in [3.63, 3.8) is 0 Å². The molecule has 0 atom stereocenters. The van der Waals surface area contributed by atoms with Gasteiger partial charge in [-0.3, -0.25) is 9.59 Å². The molecule has 2 N–H and O–H groups in total. The summed E-state index contributed by atoms with van der Waals surface area (Å²) in [6.07, 6.45) is 6.15. The van der Waals surface area contributed by atoms with Gasteiger partial charge < -0.3 is 5.32 Å². The first-order chi connectivity index (χ1) is 9.69. The van der Waals surface area contributed by atoms with E-state index in [1.165, 1.54) is 0 Å². The Hall–Kier alpha value is -2.26. The number of nitrogens with zero attached hydrogens (tertiary/aromatic N) is 1. The number of hydrazone groups is 1. The van der Waals surface area contributed by atoms with E-state index >= 15 is 0 Å². The summed E-state index contributed by atoms with van der Waals surface area (Å²) in [6.45, 7) is 0. The number of hydrogen-bond donors (Lipinski definition) is 2. The van der Waals surface area contributed by atoms with Gasteiger partial charge in [0.15, 0.2) is 0 Å². The summed E-state index contributed by atoms with van der Waals surface area (Å²) in [7, 11) is 0. The van der Waals surface area contributed by atoms with Gasteiger partial charge in [0.2, 0.25) is 5.91 Å². The monoisotopic (exact) mass is 287 g/mol. The van der Waals surface area contributed by atoms with Crippen LogP contribution in [0.5, 0.6) is 0 Å². The second kappa shape index (κ2) is 6.78. The third-order valence-corrected chi connectivity index (χ3v) is 3.33. The largest absolute Gasteiger partial charge is 0.317 e. The molecule has 1 aromatic carbocycles. The molecule has 5 nitrogen and oxygen atoms in total. The molecule has 0 aromatic heterocycles. The number of carbonyl (C=O) groups is 2. The van der Waals surface area contributed by atoms with Crippen LogP contribution in [-0.2, 0) is 4.79 Å². The first kappa shape index (κ1) is 14.2. The van der Waals surface area contributed by atoms with E-state index < -0.39 is 0 Å². The summed E-state index contributed by atoms with van der Waals surface area (Å²) < 4.78 is 0. The van der Waals surface area contributed by atoms with E-state index in [0.29, 0.717) is 24.3 Å². The van der Waals surface area contributed by atoms with Crippen LogP contribution in [-0.4, -0.2) is 22.6 Å². The molecule has 0 aliphatic carbocycles. The number of thioether (sulfide) groups is 1. The van der Waals surface area contributed by atoms with Gasteiger partial charge >= 0.3 is 0 Å². The number of rotatable bonds is 3. The van der Waals surface area contributed by atoms with Gasteiger partial charge in [-0.15, -0.1) is 6.42 Å². The van der Waals surface area contributed by atoms with Crippen molar-refractivity contribution < 1.29 is 9.59 Å². The van der Waals surface area contributed by atoms with E-state index in [2.05, 4.69) is 21.8 Å². The molecule has 1 heterocycles. The lowest BCUT2D eigenvalue weighted by atomic mass is 10.0. The van der Waals surface area contributed by atoms with Crippen LogP contribution in [0.25, 0.3) is 0 Å². The second-order valence-electron chi connectivity index (χ2n) is 4.08. The Kier molecular flexibility index (Phi) is 4.80. The molecule has 1 aliphatic heterocycles. The average molecular weight is 287 g/mol. The fraction of sp³-hybridized carbons (Fsp3) is 0.214. The molecular weight excluding hydrogens is 274 g/mol. The molecule has 0 saturated carbocycles. The van der Waals surface area contributed by atoms with Crippen LogP contribution in [0.1, 0.15) is 18.4 Å². The molecule has 20 heavy (non-hydrogen) atoms. The van der Waals surface area contributed by atoms with Crippen molar-refractivity contribution in [2.45, 2.75) is 12.8 Å². The summed E-state index contributed by atoms with van der Waals surface area (Å²) in [4.78, 5) is 22.5. The van der Waals surface area contributed by atoms with Gasteiger partial charge in [0.25, 0.3) is 5.24 Å². The van der Waals surface area contributed by atoms with Gasteiger partial charge in [0.05, 0.1) is 11.5 Å². The Labute approximate surface area is 121 Å². The van der Waals surface area contributed by atoms with Crippen LogP contribution in [0, 0.1) is 12.3 Å². The number of anilines is 1. The third-order valence-electron chi connectivity index (χ3n) is 2.66. The first-order valence-corrected chi connectivity index (χ1v) is 7.00. The van der Waals surface area contributed by atoms with Gasteiger partial charge in [-0.05, 0) is 17.7 Å². The smallest absolute Gasteiger partial charge is 0.284 e. The summed E-state index contributed by atoms with van der Waals surface area (Å²) in [5, 5.41) is 6.57. The highest BCUT2D eigenvalue weighted by Gasteiger charge is 2.13. The Morgan fingerprint density at radius 2 is 2.15 bits per heavy atom. The van der Waals surface area contributed by atoms with Crippen LogP contribution < -0.4 is 10.7 Å². The lowest BCUT2D eigenvalue weighted by Gasteiger charge is -2.12. The molecule has 1 aliphatic rings. The Morgan fingerprint density at radius 1 is 1.40 bits per heavy atom. The Morgan fingerprint density at radius 3 is 2.75 bits per heavy atom. The molecule has 2 rings (SSSR count). The molecule has 0 bridgehead atoms. The van der Waals surface area contributed by atoms with E-state index in [9.17, 15) is 9.59 Å². The van der Waals surface area contributed by atoms with Crippen molar-refractivity contribution in [3.05, 3.63) is 29.8 Å². The van der Waals surface area contributed by atoms with Crippen molar-refractivity contribution in [2.24, 2.45) is 5.10 Å². The number of carbonyl (C=O) groups excluding carboxylic acids is 2. The number of benzene rings is 1. The predicted molar refractivity (Wildman–Crippen MR) is 80.7 cm³/mol. The highest BCUT2D eigenvalue weighted by atomic mass is 32.2. The number of amides is 2. The van der Waals surface area contributed by atoms with E-state index in [0.717, 1.165) is 23.0 Å². The highest BCUT2D eigenvalue weighted by molar-refractivity contribution is 8.14. The predicted octanol–water partition coefficient (Wildman–Crippen LogP) is 2.20. The maximum atomic E-state index is 11.5. The van der Waals surface area contributed by atoms with Crippen LogP contribution in [0.2, 0.25) is 0 Å². The third kappa shape index (κ3) is 3.87. The fourth-order valence-corrected chi connectivity index (χ4v) is 2.09. The van der Waals surface area contributed by atoms with Crippen LogP contribution in [0.4, 0.5) is 10.5 Å². The minimum Gasteiger partial charge on any atom is -0.317 e. The zero-order valence-electron chi connectivity index (χ0n) is 10.7. The normalized spacial score (nSPS) is 13.9. The molecule has 0 spiro atoms. The zero-order valence-corrected chi connectivity index (χ0v) is 11.5. The molecule has 2 amide bonds. The van der Waals surface area contributed by atoms with Crippen LogP contribution in [0.15, 0.2) is 29.4 Å². The molecule has 102 valence electrons. The van der Waals surface area contributed by atoms with Gasteiger partial charge in [-0.25, -0.2) is 5.43 Å². The van der Waals surface area contributed by atoms with Gasteiger partial charge in [-0.2, -0.15) is 5.10 Å². The van der Waals surface area contributed by atoms with Gasteiger partial charge in [0, 0.05) is 18.5 Å². The molecule has 1 aromatic rings. The minimum absolute atomic E-state index is 0.0665. The molecular formula is C14H13N3O2S. The van der Waals surface area contributed by atoms with E-state index in [-0.39, 0.29) is 11.1 Å². The van der Waals surface area contributed by atoms with Gasteiger partial charge in [0.1, 0.15) is 0 Å². The minimum atomic E-state index is -0.182. The van der Waals surface area contributed by atoms with Crippen molar-refractivity contribution >= 4 is 34.3 Å². The summed E-state index contributed by atoms with van der Waals surface area (Å²) in [5.41, 5.74) is 4.92. The number of terminal acetylenes is 1. The van der Waals surface area contributed by atoms with Crippen molar-refractivity contribution in [1.29, 1.82) is 0 Å². The molecule has 0 saturated heterocycles. The number of nitrogens with one attached hydrogen (secondary N) is 2. The van der Waals surface area contributed by atoms with Crippen molar-refractivity contribution in [3.8, 4) is 12.3 Å². The zero-order chi connectivity index (χ0) is 14.4. The Balaban J connectivity index is 1.98. The molecule has 0 unspecified atom stereocenters. The molecule has 0 radical (unpaired) electrons. The quantitative estimate of drug-likeness (QED) is 0.837. The van der Waals surface area contributed by atoms with Crippen LogP contribution >= 0.6 is 11.8 Å². The maximum Gasteiger partial charge on any atom is 0.284 e. The maximum absolute atomic E-state index is 11.5. The number of hydrogen-bond acceptors (Lipinski definition) is 4. The standard InChI is InChI=1S/C14H13N3O2S/c1-2-9-20-14(19)15-11-5-3-10(4-6-11)12-7-8-13(18)17-16-12/h1,3-6H,7-9H2,(H,15,19)(H,17,18). The summed E-state index contributed by atoms with van der Waals surface area (Å²) >= 11 is 1.05. The topological polar surface area (TPSA) is 70.6 Å². The summed E-state index contributed by atoms with van der Waals surface area (Å²) in [6, 6.07) is 7.31. The second-order valence-corrected chi connectivity index (χ2v) is 5.02. The fourth-order valence-electron chi connectivity index (χ4n) is 1.69. The van der Waals surface area contributed by atoms with E-state index in [4.69, 9.17) is 6.42 Å². The first-order valence-electron chi connectivity index (χ1n) is 6.02. The van der Waals surface area contributed by atoms with Gasteiger partial charge in [-0.1, -0.05) is 29.8 Å². The molecule has 0 fully saturated rings. The lowest BCUT2D eigenvalue weighted by Crippen LogP contribution is -2.25. The highest BCUT2D eigenvalue weighted by Crippen LogP contribution is 2.15.